The molecule has 0 aliphatic carbocycles. The molecule has 1 nitrogen and oxygen atoms in total. The third-order valence-electron chi connectivity index (χ3n) is 1.61. The average molecular weight is 311 g/mol. The lowest BCUT2D eigenvalue weighted by molar-refractivity contribution is -0.275. The fraction of sp³-hybridized carbons (Fsp3) is 0.273. The van der Waals surface area contributed by atoms with Gasteiger partial charge < -0.3 is 4.74 Å². The van der Waals surface area contributed by atoms with Crippen molar-refractivity contribution in [3.8, 4) is 17.6 Å². The second kappa shape index (κ2) is 5.92. The van der Waals surface area contributed by atoms with Gasteiger partial charge in [0.1, 0.15) is 0 Å². The number of rotatable bonds is 2. The monoisotopic (exact) mass is 310 g/mol. The van der Waals surface area contributed by atoms with E-state index in [9.17, 15) is 17.6 Å². The molecular formula is C11H7BrF4O. The van der Waals surface area contributed by atoms with Gasteiger partial charge >= 0.3 is 6.36 Å². The van der Waals surface area contributed by atoms with Crippen LogP contribution in [0.1, 0.15) is 12.0 Å². The van der Waals surface area contributed by atoms with E-state index in [1.807, 2.05) is 0 Å². The Morgan fingerprint density at radius 1 is 1.29 bits per heavy atom. The van der Waals surface area contributed by atoms with Crippen molar-refractivity contribution in [3.63, 3.8) is 0 Å². The summed E-state index contributed by atoms with van der Waals surface area (Å²) in [6, 6.07) is 3.08. The van der Waals surface area contributed by atoms with Crippen LogP contribution in [0.2, 0.25) is 0 Å². The molecule has 0 aliphatic heterocycles. The molecule has 0 fully saturated rings. The summed E-state index contributed by atoms with van der Waals surface area (Å²) >= 11 is 3.16. The molecule has 0 aliphatic rings. The molecule has 1 rings (SSSR count). The summed E-state index contributed by atoms with van der Waals surface area (Å²) in [4.78, 5) is 0. The molecule has 0 heterocycles. The molecule has 1 aromatic rings. The Labute approximate surface area is 104 Å². The summed E-state index contributed by atoms with van der Waals surface area (Å²) in [5.41, 5.74) is 0.304. The topological polar surface area (TPSA) is 9.23 Å². The summed E-state index contributed by atoms with van der Waals surface area (Å²) in [6.45, 7) is 0. The predicted octanol–water partition coefficient (Wildman–Crippen LogP) is 3.86. The number of alkyl halides is 4. The normalized spacial score (nSPS) is 10.6. The van der Waals surface area contributed by atoms with Crippen LogP contribution < -0.4 is 4.74 Å². The van der Waals surface area contributed by atoms with Crippen LogP contribution in [0.25, 0.3) is 0 Å². The molecule has 0 bridgehead atoms. The van der Waals surface area contributed by atoms with Gasteiger partial charge in [0.15, 0.2) is 11.6 Å². The van der Waals surface area contributed by atoms with Crippen molar-refractivity contribution in [1.29, 1.82) is 0 Å². The van der Waals surface area contributed by atoms with Gasteiger partial charge in [-0.3, -0.25) is 0 Å². The highest BCUT2D eigenvalue weighted by Gasteiger charge is 2.32. The third-order valence-corrected chi connectivity index (χ3v) is 2.01. The van der Waals surface area contributed by atoms with Gasteiger partial charge in [0, 0.05) is 17.3 Å². The Balaban J connectivity index is 2.84. The molecule has 6 heteroatoms. The molecule has 0 aromatic heterocycles. The minimum absolute atomic E-state index is 0.304. The standard InChI is InChI=1S/C11H7BrF4O/c12-6-2-1-3-8-4-5-10(9(13)7-8)17-11(14,15)16/h4-5,7H,2,6H2. The first-order chi connectivity index (χ1) is 7.92. The van der Waals surface area contributed by atoms with Gasteiger partial charge in [0.05, 0.1) is 0 Å². The molecule has 0 saturated heterocycles. The molecule has 0 atom stereocenters. The summed E-state index contributed by atoms with van der Waals surface area (Å²) in [5, 5.41) is 0.678. The Kier molecular flexibility index (Phi) is 4.82. The van der Waals surface area contributed by atoms with Crippen LogP contribution in [0.3, 0.4) is 0 Å². The summed E-state index contributed by atoms with van der Waals surface area (Å²) in [5.74, 6) is 3.39. The second-order valence-electron chi connectivity index (χ2n) is 2.93. The molecule has 0 N–H and O–H groups in total. The van der Waals surface area contributed by atoms with Crippen LogP contribution in [0.4, 0.5) is 17.6 Å². The number of halogens is 5. The van der Waals surface area contributed by atoms with Crippen molar-refractivity contribution in [3.05, 3.63) is 29.6 Å². The maximum absolute atomic E-state index is 13.2. The maximum Gasteiger partial charge on any atom is 0.573 e. The van der Waals surface area contributed by atoms with Crippen molar-refractivity contribution in [2.75, 3.05) is 5.33 Å². The second-order valence-corrected chi connectivity index (χ2v) is 3.73. The Morgan fingerprint density at radius 2 is 2.00 bits per heavy atom. The Morgan fingerprint density at radius 3 is 2.53 bits per heavy atom. The highest BCUT2D eigenvalue weighted by molar-refractivity contribution is 9.09. The van der Waals surface area contributed by atoms with Gasteiger partial charge in [-0.05, 0) is 18.2 Å². The lowest BCUT2D eigenvalue weighted by atomic mass is 10.2. The smallest absolute Gasteiger partial charge is 0.403 e. The van der Waals surface area contributed by atoms with E-state index in [1.54, 1.807) is 0 Å². The van der Waals surface area contributed by atoms with Gasteiger partial charge in [-0.15, -0.1) is 13.2 Å². The molecule has 0 radical (unpaired) electrons. The fourth-order valence-corrected chi connectivity index (χ4v) is 1.20. The lowest BCUT2D eigenvalue weighted by Gasteiger charge is -2.09. The SMILES string of the molecule is Fc1cc(C#CCCBr)ccc1OC(F)(F)F. The van der Waals surface area contributed by atoms with Gasteiger partial charge in [0.2, 0.25) is 0 Å². The molecule has 0 saturated carbocycles. The van der Waals surface area contributed by atoms with E-state index in [2.05, 4.69) is 32.5 Å². The van der Waals surface area contributed by atoms with Gasteiger partial charge in [0.25, 0.3) is 0 Å². The zero-order valence-corrected chi connectivity index (χ0v) is 10.0. The Hall–Kier alpha value is -1.22. The molecule has 0 amide bonds. The third kappa shape index (κ3) is 5.09. The van der Waals surface area contributed by atoms with Crippen molar-refractivity contribution in [1.82, 2.24) is 0 Å². The maximum atomic E-state index is 13.2. The van der Waals surface area contributed by atoms with E-state index in [0.717, 1.165) is 12.1 Å². The average Bonchev–Trinajstić information content (AvgIpc) is 2.21. The molecule has 1 aromatic carbocycles. The van der Waals surface area contributed by atoms with Gasteiger partial charge in [-0.2, -0.15) is 0 Å². The van der Waals surface area contributed by atoms with Gasteiger partial charge in [-0.25, -0.2) is 4.39 Å². The van der Waals surface area contributed by atoms with E-state index in [1.165, 1.54) is 6.07 Å². The summed E-state index contributed by atoms with van der Waals surface area (Å²) < 4.78 is 52.2. The zero-order valence-electron chi connectivity index (χ0n) is 8.44. The van der Waals surface area contributed by atoms with Crippen molar-refractivity contribution in [2.24, 2.45) is 0 Å². The highest BCUT2D eigenvalue weighted by atomic mass is 79.9. The van der Waals surface area contributed by atoms with Crippen LogP contribution >= 0.6 is 15.9 Å². The first-order valence-electron chi connectivity index (χ1n) is 4.52. The number of ether oxygens (including phenoxy) is 1. The highest BCUT2D eigenvalue weighted by Crippen LogP contribution is 2.25. The number of benzene rings is 1. The molecule has 92 valence electrons. The first kappa shape index (κ1) is 13.8. The zero-order chi connectivity index (χ0) is 12.9. The van der Waals surface area contributed by atoms with Crippen LogP contribution in [0, 0.1) is 17.7 Å². The lowest BCUT2D eigenvalue weighted by Crippen LogP contribution is -2.17. The molecule has 0 unspecified atom stereocenters. The van der Waals surface area contributed by atoms with E-state index in [4.69, 9.17) is 0 Å². The summed E-state index contributed by atoms with van der Waals surface area (Å²) in [6.07, 6.45) is -4.33. The minimum atomic E-state index is -4.90. The summed E-state index contributed by atoms with van der Waals surface area (Å²) in [7, 11) is 0. The minimum Gasteiger partial charge on any atom is -0.403 e. The van der Waals surface area contributed by atoms with Crippen LogP contribution in [-0.2, 0) is 0 Å². The van der Waals surface area contributed by atoms with Crippen LogP contribution in [0.15, 0.2) is 18.2 Å². The number of hydrogen-bond donors (Lipinski definition) is 0. The van der Waals surface area contributed by atoms with Crippen LogP contribution in [-0.4, -0.2) is 11.7 Å². The van der Waals surface area contributed by atoms with Crippen molar-refractivity contribution < 1.29 is 22.3 Å². The predicted molar refractivity (Wildman–Crippen MR) is 58.4 cm³/mol. The molecule has 17 heavy (non-hydrogen) atoms. The van der Waals surface area contributed by atoms with E-state index in [-0.39, 0.29) is 0 Å². The molecular weight excluding hydrogens is 304 g/mol. The van der Waals surface area contributed by atoms with Crippen molar-refractivity contribution >= 4 is 15.9 Å². The first-order valence-corrected chi connectivity index (χ1v) is 5.64. The quantitative estimate of drug-likeness (QED) is 0.458. The Bertz CT molecular complexity index is 445. The van der Waals surface area contributed by atoms with E-state index >= 15 is 0 Å². The van der Waals surface area contributed by atoms with E-state index in [0.29, 0.717) is 17.3 Å². The van der Waals surface area contributed by atoms with Gasteiger partial charge in [-0.1, -0.05) is 27.8 Å². The molecule has 0 spiro atoms. The number of hydrogen-bond acceptors (Lipinski definition) is 1. The van der Waals surface area contributed by atoms with E-state index < -0.39 is 17.9 Å². The van der Waals surface area contributed by atoms with Crippen LogP contribution in [0.5, 0.6) is 5.75 Å². The fourth-order valence-electron chi connectivity index (χ4n) is 0.998. The van der Waals surface area contributed by atoms with Crippen molar-refractivity contribution in [2.45, 2.75) is 12.8 Å². The largest absolute Gasteiger partial charge is 0.573 e.